The molecule has 1 atom stereocenters. The highest BCUT2D eigenvalue weighted by Crippen LogP contribution is 2.43. The van der Waals surface area contributed by atoms with Gasteiger partial charge in [0.2, 0.25) is 5.91 Å². The number of amides is 1. The molecule has 0 fully saturated rings. The molecule has 3 nitrogen and oxygen atoms in total. The van der Waals surface area contributed by atoms with E-state index in [1.54, 1.807) is 18.9 Å². The molecule has 1 N–H and O–H groups in total. The fourth-order valence-electron chi connectivity index (χ4n) is 2.05. The van der Waals surface area contributed by atoms with Gasteiger partial charge in [-0.15, -0.1) is 11.8 Å². The van der Waals surface area contributed by atoms with Gasteiger partial charge in [0.1, 0.15) is 11.0 Å². The van der Waals surface area contributed by atoms with Crippen LogP contribution in [0.4, 0.5) is 5.69 Å². The number of benzene rings is 2. The highest BCUT2D eigenvalue weighted by atomic mass is 32.2. The fourth-order valence-corrected chi connectivity index (χ4v) is 3.17. The first-order valence-corrected chi connectivity index (χ1v) is 6.86. The molecule has 2 aromatic rings. The molecule has 1 aliphatic heterocycles. The van der Waals surface area contributed by atoms with Crippen LogP contribution in [-0.2, 0) is 4.79 Å². The summed E-state index contributed by atoms with van der Waals surface area (Å²) in [6.07, 6.45) is 0. The van der Waals surface area contributed by atoms with E-state index in [0.717, 1.165) is 21.9 Å². The number of nitrogens with one attached hydrogen (secondary N) is 1. The first kappa shape index (κ1) is 12.1. The summed E-state index contributed by atoms with van der Waals surface area (Å²) in [5, 5.41) is 2.74. The Morgan fingerprint density at radius 3 is 2.58 bits per heavy atom. The summed E-state index contributed by atoms with van der Waals surface area (Å²) >= 11 is 1.58. The maximum absolute atomic E-state index is 12.1. The molecule has 19 heavy (non-hydrogen) atoms. The number of anilines is 1. The van der Waals surface area contributed by atoms with Crippen LogP contribution in [0.2, 0.25) is 0 Å². The van der Waals surface area contributed by atoms with Gasteiger partial charge in [-0.05, 0) is 29.8 Å². The van der Waals surface area contributed by atoms with E-state index < -0.39 is 0 Å². The van der Waals surface area contributed by atoms with Gasteiger partial charge in [-0.3, -0.25) is 4.79 Å². The van der Waals surface area contributed by atoms with Crippen molar-refractivity contribution in [1.82, 2.24) is 0 Å². The quantitative estimate of drug-likeness (QED) is 0.908. The van der Waals surface area contributed by atoms with Crippen LogP contribution in [0.3, 0.4) is 0 Å². The van der Waals surface area contributed by atoms with Crippen LogP contribution < -0.4 is 10.1 Å². The average molecular weight is 271 g/mol. The molecular formula is C15H13NO2S. The van der Waals surface area contributed by atoms with Crippen molar-refractivity contribution < 1.29 is 9.53 Å². The third-order valence-corrected chi connectivity index (χ3v) is 4.38. The molecule has 0 saturated carbocycles. The van der Waals surface area contributed by atoms with Crippen molar-refractivity contribution >= 4 is 23.4 Å². The molecule has 0 spiro atoms. The first-order chi connectivity index (χ1) is 9.28. The van der Waals surface area contributed by atoms with E-state index >= 15 is 0 Å². The van der Waals surface area contributed by atoms with Gasteiger partial charge >= 0.3 is 0 Å². The third-order valence-electron chi connectivity index (χ3n) is 3.05. The van der Waals surface area contributed by atoms with Gasteiger partial charge in [-0.25, -0.2) is 0 Å². The molecule has 0 unspecified atom stereocenters. The van der Waals surface area contributed by atoms with E-state index in [0.29, 0.717) is 0 Å². The summed E-state index contributed by atoms with van der Waals surface area (Å²) in [7, 11) is 1.63. The number of para-hydroxylation sites is 1. The molecule has 1 aliphatic rings. The molecule has 96 valence electrons. The van der Waals surface area contributed by atoms with Gasteiger partial charge in [0.15, 0.2) is 0 Å². The summed E-state index contributed by atoms with van der Waals surface area (Å²) in [6, 6.07) is 15.5. The molecule has 0 radical (unpaired) electrons. The Morgan fingerprint density at radius 2 is 1.84 bits per heavy atom. The van der Waals surface area contributed by atoms with Crippen molar-refractivity contribution in [3.05, 3.63) is 54.1 Å². The van der Waals surface area contributed by atoms with Gasteiger partial charge in [-0.1, -0.05) is 24.3 Å². The lowest BCUT2D eigenvalue weighted by molar-refractivity contribution is -0.115. The molecule has 0 aromatic heterocycles. The maximum Gasteiger partial charge on any atom is 0.242 e. The SMILES string of the molecule is COc1ccc([C@@H]2Sc3ccccc3NC2=O)cc1. The van der Waals surface area contributed by atoms with Gasteiger partial charge in [0.05, 0.1) is 12.8 Å². The zero-order valence-corrected chi connectivity index (χ0v) is 11.2. The number of thioether (sulfide) groups is 1. The Balaban J connectivity index is 1.91. The highest BCUT2D eigenvalue weighted by Gasteiger charge is 2.27. The molecule has 1 heterocycles. The standard InChI is InChI=1S/C15H13NO2S/c1-18-11-8-6-10(7-9-11)14-15(17)16-12-4-2-3-5-13(12)19-14/h2-9,14H,1H3,(H,16,17)/t14-/m0/s1. The second-order valence-corrected chi connectivity index (χ2v) is 5.40. The van der Waals surface area contributed by atoms with Crippen LogP contribution in [0, 0.1) is 0 Å². The minimum atomic E-state index is -0.208. The number of hydrogen-bond donors (Lipinski definition) is 1. The third kappa shape index (κ3) is 2.31. The summed E-state index contributed by atoms with van der Waals surface area (Å²) < 4.78 is 5.13. The minimum absolute atomic E-state index is 0.0221. The normalized spacial score (nSPS) is 17.5. The van der Waals surface area contributed by atoms with E-state index in [9.17, 15) is 4.79 Å². The predicted molar refractivity (Wildman–Crippen MR) is 76.7 cm³/mol. The van der Waals surface area contributed by atoms with Crippen LogP contribution >= 0.6 is 11.8 Å². The summed E-state index contributed by atoms with van der Waals surface area (Å²) in [6.45, 7) is 0. The first-order valence-electron chi connectivity index (χ1n) is 5.98. The molecule has 4 heteroatoms. The topological polar surface area (TPSA) is 38.3 Å². The summed E-state index contributed by atoms with van der Waals surface area (Å²) in [5.41, 5.74) is 1.88. The van der Waals surface area contributed by atoms with E-state index in [4.69, 9.17) is 4.74 Å². The minimum Gasteiger partial charge on any atom is -0.497 e. The number of methoxy groups -OCH3 is 1. The van der Waals surface area contributed by atoms with E-state index in [1.165, 1.54) is 0 Å². The maximum atomic E-state index is 12.1. The summed E-state index contributed by atoms with van der Waals surface area (Å²) in [5.74, 6) is 0.819. The average Bonchev–Trinajstić information content (AvgIpc) is 2.47. The van der Waals surface area contributed by atoms with Crippen molar-refractivity contribution in [2.75, 3.05) is 12.4 Å². The molecular weight excluding hydrogens is 258 g/mol. The van der Waals surface area contributed by atoms with Crippen molar-refractivity contribution in [1.29, 1.82) is 0 Å². The predicted octanol–water partition coefficient (Wildman–Crippen LogP) is 3.48. The lowest BCUT2D eigenvalue weighted by Gasteiger charge is -2.24. The highest BCUT2D eigenvalue weighted by molar-refractivity contribution is 8.00. The zero-order chi connectivity index (χ0) is 13.2. The number of rotatable bonds is 2. The molecule has 0 aliphatic carbocycles. The molecule has 0 saturated heterocycles. The number of carbonyl (C=O) groups is 1. The lowest BCUT2D eigenvalue weighted by Crippen LogP contribution is -2.22. The van der Waals surface area contributed by atoms with Crippen molar-refractivity contribution in [3.8, 4) is 5.75 Å². The van der Waals surface area contributed by atoms with E-state index in [2.05, 4.69) is 5.32 Å². The van der Waals surface area contributed by atoms with Crippen LogP contribution in [0.25, 0.3) is 0 Å². The molecule has 0 bridgehead atoms. The Hall–Kier alpha value is -1.94. The van der Waals surface area contributed by atoms with Gasteiger partial charge in [-0.2, -0.15) is 0 Å². The largest absolute Gasteiger partial charge is 0.497 e. The van der Waals surface area contributed by atoms with Crippen LogP contribution in [0.15, 0.2) is 53.4 Å². The van der Waals surface area contributed by atoms with E-state index in [1.807, 2.05) is 48.5 Å². The van der Waals surface area contributed by atoms with Crippen LogP contribution in [-0.4, -0.2) is 13.0 Å². The zero-order valence-electron chi connectivity index (χ0n) is 10.4. The summed E-state index contributed by atoms with van der Waals surface area (Å²) in [4.78, 5) is 13.2. The Labute approximate surface area is 116 Å². The number of ether oxygens (including phenoxy) is 1. The van der Waals surface area contributed by atoms with Gasteiger partial charge in [0.25, 0.3) is 0 Å². The van der Waals surface area contributed by atoms with Crippen molar-refractivity contribution in [2.45, 2.75) is 10.1 Å². The number of carbonyl (C=O) groups excluding carboxylic acids is 1. The van der Waals surface area contributed by atoms with Gasteiger partial charge in [0, 0.05) is 4.90 Å². The fraction of sp³-hybridized carbons (Fsp3) is 0.133. The van der Waals surface area contributed by atoms with E-state index in [-0.39, 0.29) is 11.2 Å². The second kappa shape index (κ2) is 4.97. The Kier molecular flexibility index (Phi) is 3.17. The van der Waals surface area contributed by atoms with Gasteiger partial charge < -0.3 is 10.1 Å². The van der Waals surface area contributed by atoms with Crippen molar-refractivity contribution in [3.63, 3.8) is 0 Å². The number of fused-ring (bicyclic) bond motifs is 1. The lowest BCUT2D eigenvalue weighted by atomic mass is 10.1. The smallest absolute Gasteiger partial charge is 0.242 e. The van der Waals surface area contributed by atoms with Crippen LogP contribution in [0.1, 0.15) is 10.8 Å². The molecule has 1 amide bonds. The second-order valence-electron chi connectivity index (χ2n) is 4.26. The molecule has 3 rings (SSSR count). The Bertz CT molecular complexity index is 610. The number of hydrogen-bond acceptors (Lipinski definition) is 3. The Morgan fingerprint density at radius 1 is 1.11 bits per heavy atom. The monoisotopic (exact) mass is 271 g/mol. The van der Waals surface area contributed by atoms with Crippen molar-refractivity contribution in [2.24, 2.45) is 0 Å². The molecule has 2 aromatic carbocycles. The van der Waals surface area contributed by atoms with Crippen LogP contribution in [0.5, 0.6) is 5.75 Å².